The molecular formula is C22H42O11. The molecule has 7 N–H and O–H groups in total. The number of unbranched alkanes of at least 4 members (excludes halogenated alkanes) is 7. The molecule has 2 aliphatic heterocycles. The fourth-order valence-corrected chi connectivity index (χ4v) is 4.13. The second kappa shape index (κ2) is 14.8. The average molecular weight is 483 g/mol. The molecule has 0 aromatic carbocycles. The van der Waals surface area contributed by atoms with Crippen LogP contribution >= 0.6 is 0 Å². The third-order valence-corrected chi connectivity index (χ3v) is 6.24. The Morgan fingerprint density at radius 1 is 0.606 bits per heavy atom. The van der Waals surface area contributed by atoms with Crippen molar-refractivity contribution in [2.45, 2.75) is 120 Å². The Balaban J connectivity index is 1.82. The number of hydrogen-bond donors (Lipinski definition) is 7. The van der Waals surface area contributed by atoms with E-state index in [2.05, 4.69) is 6.92 Å². The number of aliphatic hydroxyl groups excluding tert-OH is 7. The van der Waals surface area contributed by atoms with Gasteiger partial charge in [0, 0.05) is 6.61 Å². The van der Waals surface area contributed by atoms with E-state index >= 15 is 0 Å². The van der Waals surface area contributed by atoms with E-state index in [4.69, 9.17) is 18.9 Å². The molecule has 33 heavy (non-hydrogen) atoms. The summed E-state index contributed by atoms with van der Waals surface area (Å²) in [6.45, 7) is 1.28. The summed E-state index contributed by atoms with van der Waals surface area (Å²) in [5.41, 5.74) is 0. The first-order chi connectivity index (χ1) is 15.8. The van der Waals surface area contributed by atoms with Gasteiger partial charge >= 0.3 is 0 Å². The van der Waals surface area contributed by atoms with E-state index in [0.29, 0.717) is 6.61 Å². The Kier molecular flexibility index (Phi) is 13.0. The van der Waals surface area contributed by atoms with E-state index in [9.17, 15) is 35.7 Å². The number of hydrogen-bond acceptors (Lipinski definition) is 11. The smallest absolute Gasteiger partial charge is 0.187 e. The SMILES string of the molecule is CCCCCCCCCCO[C@H]1OC(CO)[C@@H](O[C@H]2OC(CO)[C@@H](O)[C@H](O)[C@@H]2O)[C@@H](O)[C@H]1O. The van der Waals surface area contributed by atoms with Crippen molar-refractivity contribution in [3.8, 4) is 0 Å². The van der Waals surface area contributed by atoms with Crippen molar-refractivity contribution in [2.24, 2.45) is 0 Å². The fraction of sp³-hybridized carbons (Fsp3) is 1.00. The van der Waals surface area contributed by atoms with E-state index in [1.54, 1.807) is 0 Å². The highest BCUT2D eigenvalue weighted by molar-refractivity contribution is 4.94. The maximum atomic E-state index is 10.6. The molecule has 0 radical (unpaired) electrons. The molecular weight excluding hydrogens is 440 g/mol. The molecule has 196 valence electrons. The Morgan fingerprint density at radius 3 is 1.76 bits per heavy atom. The standard InChI is InChI=1S/C22H42O11/c1-2-3-4-5-6-7-8-9-10-30-21-19(29)17(27)20(14(12-24)32-21)33-22-18(28)16(26)15(25)13(11-23)31-22/h13-29H,2-12H2,1H3/t13?,14?,15-,16+,17+,18+,19-,20-,21+,22-/m1/s1. The highest BCUT2D eigenvalue weighted by atomic mass is 16.7. The van der Waals surface area contributed by atoms with Crippen LogP contribution in [0.15, 0.2) is 0 Å². The van der Waals surface area contributed by atoms with Crippen LogP contribution in [0.5, 0.6) is 0 Å². The van der Waals surface area contributed by atoms with E-state index < -0.39 is 74.6 Å². The van der Waals surface area contributed by atoms with E-state index in [1.165, 1.54) is 32.1 Å². The summed E-state index contributed by atoms with van der Waals surface area (Å²) in [4.78, 5) is 0. The minimum atomic E-state index is -1.69. The number of ether oxygens (including phenoxy) is 4. The van der Waals surface area contributed by atoms with Gasteiger partial charge in [0.25, 0.3) is 0 Å². The van der Waals surface area contributed by atoms with Crippen LogP contribution in [-0.2, 0) is 18.9 Å². The van der Waals surface area contributed by atoms with Gasteiger partial charge in [0.2, 0.25) is 0 Å². The largest absolute Gasteiger partial charge is 0.394 e. The second-order valence-corrected chi connectivity index (χ2v) is 8.85. The molecule has 2 fully saturated rings. The molecule has 0 aliphatic carbocycles. The quantitative estimate of drug-likeness (QED) is 0.147. The van der Waals surface area contributed by atoms with Gasteiger partial charge in [-0.2, -0.15) is 0 Å². The first kappa shape index (κ1) is 28.8. The van der Waals surface area contributed by atoms with E-state index in [0.717, 1.165) is 19.3 Å². The van der Waals surface area contributed by atoms with Gasteiger partial charge in [-0.1, -0.05) is 51.9 Å². The molecule has 2 aliphatic rings. The monoisotopic (exact) mass is 482 g/mol. The molecule has 2 saturated heterocycles. The molecule has 2 heterocycles. The van der Waals surface area contributed by atoms with Crippen LogP contribution in [0.25, 0.3) is 0 Å². The summed E-state index contributed by atoms with van der Waals surface area (Å²) in [5.74, 6) is 0. The number of aliphatic hydroxyl groups is 7. The summed E-state index contributed by atoms with van der Waals surface area (Å²) in [5, 5.41) is 69.9. The van der Waals surface area contributed by atoms with Gasteiger partial charge in [-0.25, -0.2) is 0 Å². The van der Waals surface area contributed by atoms with Crippen molar-refractivity contribution >= 4 is 0 Å². The Labute approximate surface area is 194 Å². The molecule has 11 heteroatoms. The Morgan fingerprint density at radius 2 is 1.15 bits per heavy atom. The van der Waals surface area contributed by atoms with Crippen LogP contribution in [-0.4, -0.2) is 117 Å². The zero-order valence-electron chi connectivity index (χ0n) is 19.3. The lowest BCUT2D eigenvalue weighted by molar-refractivity contribution is -0.359. The number of rotatable bonds is 14. The molecule has 0 saturated carbocycles. The first-order valence-electron chi connectivity index (χ1n) is 12.1. The molecule has 2 rings (SSSR count). The highest BCUT2D eigenvalue weighted by Gasteiger charge is 2.50. The maximum Gasteiger partial charge on any atom is 0.187 e. The molecule has 0 bridgehead atoms. The van der Waals surface area contributed by atoms with Crippen molar-refractivity contribution in [1.82, 2.24) is 0 Å². The molecule has 0 spiro atoms. The van der Waals surface area contributed by atoms with Crippen molar-refractivity contribution in [3.05, 3.63) is 0 Å². The van der Waals surface area contributed by atoms with Crippen molar-refractivity contribution in [3.63, 3.8) is 0 Å². The highest BCUT2D eigenvalue weighted by Crippen LogP contribution is 2.29. The summed E-state index contributed by atoms with van der Waals surface area (Å²) < 4.78 is 22.0. The molecule has 0 aromatic rings. The molecule has 0 aromatic heterocycles. The van der Waals surface area contributed by atoms with Crippen LogP contribution in [0.2, 0.25) is 0 Å². The first-order valence-corrected chi connectivity index (χ1v) is 12.1. The van der Waals surface area contributed by atoms with Gasteiger partial charge in [-0.15, -0.1) is 0 Å². The molecule has 11 nitrogen and oxygen atoms in total. The summed E-state index contributed by atoms with van der Waals surface area (Å²) in [6, 6.07) is 0. The van der Waals surface area contributed by atoms with Gasteiger partial charge in [0.1, 0.15) is 48.8 Å². The van der Waals surface area contributed by atoms with Crippen LogP contribution in [0.1, 0.15) is 58.3 Å². The lowest BCUT2D eigenvalue weighted by Gasteiger charge is -2.45. The van der Waals surface area contributed by atoms with Crippen molar-refractivity contribution < 1.29 is 54.7 Å². The minimum absolute atomic E-state index is 0.319. The lowest BCUT2D eigenvalue weighted by Crippen LogP contribution is -2.64. The van der Waals surface area contributed by atoms with Gasteiger partial charge in [0.05, 0.1) is 13.2 Å². The van der Waals surface area contributed by atoms with Crippen LogP contribution < -0.4 is 0 Å². The molecule has 2 unspecified atom stereocenters. The van der Waals surface area contributed by atoms with Crippen LogP contribution in [0, 0.1) is 0 Å². The zero-order valence-corrected chi connectivity index (χ0v) is 19.3. The maximum absolute atomic E-state index is 10.6. The van der Waals surface area contributed by atoms with Gasteiger partial charge < -0.3 is 54.7 Å². The van der Waals surface area contributed by atoms with Crippen molar-refractivity contribution in [1.29, 1.82) is 0 Å². The second-order valence-electron chi connectivity index (χ2n) is 8.85. The summed E-state index contributed by atoms with van der Waals surface area (Å²) in [7, 11) is 0. The average Bonchev–Trinajstić information content (AvgIpc) is 2.82. The van der Waals surface area contributed by atoms with Crippen LogP contribution in [0.4, 0.5) is 0 Å². The van der Waals surface area contributed by atoms with E-state index in [1.807, 2.05) is 0 Å². The van der Waals surface area contributed by atoms with Crippen LogP contribution in [0.3, 0.4) is 0 Å². The molecule has 0 amide bonds. The lowest BCUT2D eigenvalue weighted by atomic mass is 9.97. The predicted octanol–water partition coefficient (Wildman–Crippen LogP) is -1.23. The van der Waals surface area contributed by atoms with Crippen molar-refractivity contribution in [2.75, 3.05) is 19.8 Å². The summed E-state index contributed by atoms with van der Waals surface area (Å²) >= 11 is 0. The third kappa shape index (κ3) is 8.04. The Hall–Kier alpha value is -0.440. The van der Waals surface area contributed by atoms with Gasteiger partial charge in [0.15, 0.2) is 12.6 Å². The minimum Gasteiger partial charge on any atom is -0.394 e. The van der Waals surface area contributed by atoms with E-state index in [-0.39, 0.29) is 0 Å². The third-order valence-electron chi connectivity index (χ3n) is 6.24. The zero-order chi connectivity index (χ0) is 24.4. The fourth-order valence-electron chi connectivity index (χ4n) is 4.13. The molecule has 10 atom stereocenters. The van der Waals surface area contributed by atoms with Gasteiger partial charge in [-0.05, 0) is 6.42 Å². The summed E-state index contributed by atoms with van der Waals surface area (Å²) in [6.07, 6.45) is -5.35. The normalized spacial score (nSPS) is 39.6. The Bertz CT molecular complexity index is 521. The topological polar surface area (TPSA) is 179 Å². The predicted molar refractivity (Wildman–Crippen MR) is 115 cm³/mol. The van der Waals surface area contributed by atoms with Gasteiger partial charge in [-0.3, -0.25) is 0 Å².